The van der Waals surface area contributed by atoms with Crippen molar-refractivity contribution in [1.82, 2.24) is 14.7 Å². The Kier molecular flexibility index (Phi) is 3.46. The van der Waals surface area contributed by atoms with Gasteiger partial charge in [-0.15, -0.1) is 0 Å². The molecule has 0 saturated heterocycles. The van der Waals surface area contributed by atoms with Gasteiger partial charge in [-0.05, 0) is 47.7 Å². The third-order valence-corrected chi connectivity index (χ3v) is 4.50. The maximum absolute atomic E-state index is 5.27. The van der Waals surface area contributed by atoms with E-state index in [0.29, 0.717) is 0 Å². The van der Waals surface area contributed by atoms with E-state index in [9.17, 15) is 0 Å². The van der Waals surface area contributed by atoms with Crippen molar-refractivity contribution in [3.63, 3.8) is 0 Å². The molecule has 3 heterocycles. The molecule has 0 atom stereocenters. The molecule has 3 aromatic heterocycles. The van der Waals surface area contributed by atoms with Gasteiger partial charge in [0.15, 0.2) is 0 Å². The van der Waals surface area contributed by atoms with Crippen LogP contribution in [0.2, 0.25) is 0 Å². The van der Waals surface area contributed by atoms with Crippen LogP contribution in [0.15, 0.2) is 23.0 Å². The van der Waals surface area contributed by atoms with Crippen LogP contribution in [0.3, 0.4) is 0 Å². The van der Waals surface area contributed by atoms with Gasteiger partial charge in [-0.25, -0.2) is 4.98 Å². The van der Waals surface area contributed by atoms with Gasteiger partial charge in [0.1, 0.15) is 34.9 Å². The van der Waals surface area contributed by atoms with Gasteiger partial charge in [0.05, 0.1) is 5.69 Å². The molecule has 0 fully saturated rings. The maximum atomic E-state index is 5.27. The van der Waals surface area contributed by atoms with Crippen molar-refractivity contribution in [2.24, 2.45) is 0 Å². The quantitative estimate of drug-likeness (QED) is 0.471. The lowest BCUT2D eigenvalue weighted by Gasteiger charge is -2.22. The molecule has 0 aliphatic rings. The highest BCUT2D eigenvalue weighted by Crippen LogP contribution is 2.31. The summed E-state index contributed by atoms with van der Waals surface area (Å²) in [5.41, 5.74) is 4.02. The normalized spacial score (nSPS) is 12.1. The molecule has 0 amide bonds. The second kappa shape index (κ2) is 4.93. The summed E-state index contributed by atoms with van der Waals surface area (Å²) < 4.78 is 8.70. The predicted octanol–water partition coefficient (Wildman–Crippen LogP) is 0.380. The van der Waals surface area contributed by atoms with Gasteiger partial charge in [0.25, 0.3) is 0 Å². The summed E-state index contributed by atoms with van der Waals surface area (Å²) in [5, 5.41) is 5.21. The van der Waals surface area contributed by atoms with Crippen molar-refractivity contribution in [1.29, 1.82) is 0 Å². The van der Waals surface area contributed by atoms with Crippen molar-refractivity contribution in [2.75, 3.05) is 0 Å². The average molecular weight is 389 g/mol. The maximum Gasteiger partial charge on any atom is 0.141 e. The van der Waals surface area contributed by atoms with Gasteiger partial charge in [-0.3, -0.25) is 0 Å². The number of hydrogen-bond donors (Lipinski definition) is 0. The Morgan fingerprint density at radius 1 is 1.29 bits per heavy atom. The Hall–Kier alpha value is -1.18. The topological polar surface area (TPSA) is 43.9 Å². The van der Waals surface area contributed by atoms with Crippen LogP contribution in [0.25, 0.3) is 22.2 Å². The first kappa shape index (κ1) is 14.7. The first-order valence-corrected chi connectivity index (χ1v) is 7.97. The zero-order chi connectivity index (χ0) is 15.4. The Bertz CT molecular complexity index is 816. The lowest BCUT2D eigenvalue weighted by Crippen LogP contribution is -2.34. The molecular formula is C13H15B3IN3O. The Labute approximate surface area is 140 Å². The highest BCUT2D eigenvalue weighted by molar-refractivity contribution is 14.1. The van der Waals surface area contributed by atoms with Gasteiger partial charge >= 0.3 is 0 Å². The molecule has 8 heteroatoms. The third kappa shape index (κ3) is 2.43. The van der Waals surface area contributed by atoms with E-state index < -0.39 is 0 Å². The molecule has 0 N–H and O–H groups in total. The Morgan fingerprint density at radius 2 is 2.00 bits per heavy atom. The largest absolute Gasteiger partial charge is 0.361 e. The SMILES string of the molecule is BC(B)(B)n1cc(I)c2cc(-c3c(C)noc3C)cnc21. The molecule has 3 rings (SSSR count). The molecule has 0 unspecified atom stereocenters. The van der Waals surface area contributed by atoms with Crippen molar-refractivity contribution < 1.29 is 4.52 Å². The molecule has 0 aromatic carbocycles. The van der Waals surface area contributed by atoms with E-state index in [1.54, 1.807) is 0 Å². The molecule has 0 aliphatic heterocycles. The summed E-state index contributed by atoms with van der Waals surface area (Å²) in [6.45, 7) is 3.89. The molecule has 0 radical (unpaired) electrons. The van der Waals surface area contributed by atoms with Crippen LogP contribution in [0.4, 0.5) is 0 Å². The standard InChI is InChI=1S/C13H15B3IN3O/c1-6-11(7(2)21-19-6)8-3-9-10(17)5-20(13(14,15)16)12(9)18-4-8/h3-5H,14-16H2,1-2H3. The van der Waals surface area contributed by atoms with Gasteiger partial charge in [-0.1, -0.05) is 5.16 Å². The highest BCUT2D eigenvalue weighted by Gasteiger charge is 2.20. The predicted molar refractivity (Wildman–Crippen MR) is 101 cm³/mol. The fourth-order valence-electron chi connectivity index (χ4n) is 2.61. The lowest BCUT2D eigenvalue weighted by molar-refractivity contribution is 0.393. The first-order chi connectivity index (χ1) is 9.79. The minimum atomic E-state index is 0.0131. The second-order valence-electron chi connectivity index (χ2n) is 6.31. The van der Waals surface area contributed by atoms with Crippen LogP contribution in [0.5, 0.6) is 0 Å². The van der Waals surface area contributed by atoms with Crippen LogP contribution in [-0.2, 0) is 5.24 Å². The lowest BCUT2D eigenvalue weighted by atomic mass is 9.49. The van der Waals surface area contributed by atoms with E-state index in [0.717, 1.165) is 28.2 Å². The number of hydrogen-bond acceptors (Lipinski definition) is 3. The summed E-state index contributed by atoms with van der Waals surface area (Å²) in [6.07, 6.45) is 4.07. The molecule has 3 aromatic rings. The fourth-order valence-corrected chi connectivity index (χ4v) is 3.29. The van der Waals surface area contributed by atoms with E-state index in [2.05, 4.69) is 68.1 Å². The van der Waals surface area contributed by atoms with E-state index >= 15 is 0 Å². The molecule has 0 bridgehead atoms. The minimum absolute atomic E-state index is 0.0131. The molecule has 104 valence electrons. The molecule has 0 spiro atoms. The second-order valence-corrected chi connectivity index (χ2v) is 7.47. The fraction of sp³-hybridized carbons (Fsp3) is 0.231. The van der Waals surface area contributed by atoms with Crippen molar-refractivity contribution in [3.05, 3.63) is 33.5 Å². The van der Waals surface area contributed by atoms with Crippen LogP contribution >= 0.6 is 22.6 Å². The monoisotopic (exact) mass is 389 g/mol. The van der Waals surface area contributed by atoms with Gasteiger partial charge in [0.2, 0.25) is 0 Å². The van der Waals surface area contributed by atoms with E-state index in [-0.39, 0.29) is 5.24 Å². The number of aromatic nitrogens is 3. The summed E-state index contributed by atoms with van der Waals surface area (Å²) in [7, 11) is 6.56. The number of pyridine rings is 1. The molecule has 0 aliphatic carbocycles. The summed E-state index contributed by atoms with van der Waals surface area (Å²) in [5.74, 6) is 0.832. The number of halogens is 1. The number of rotatable bonds is 2. The van der Waals surface area contributed by atoms with Crippen LogP contribution in [-0.4, -0.2) is 38.2 Å². The Balaban J connectivity index is 2.25. The van der Waals surface area contributed by atoms with Gasteiger partial charge in [-0.2, -0.15) is 0 Å². The molecule has 21 heavy (non-hydrogen) atoms. The molecule has 4 nitrogen and oxygen atoms in total. The smallest absolute Gasteiger partial charge is 0.141 e. The number of nitrogens with zero attached hydrogens (tertiary/aromatic N) is 3. The zero-order valence-electron chi connectivity index (χ0n) is 12.9. The van der Waals surface area contributed by atoms with Crippen LogP contribution in [0, 0.1) is 17.4 Å². The molecular weight excluding hydrogens is 374 g/mol. The average Bonchev–Trinajstić information content (AvgIpc) is 2.90. The van der Waals surface area contributed by atoms with Crippen molar-refractivity contribution in [2.45, 2.75) is 19.1 Å². The van der Waals surface area contributed by atoms with Gasteiger partial charge < -0.3 is 9.09 Å². The Morgan fingerprint density at radius 3 is 2.57 bits per heavy atom. The zero-order valence-corrected chi connectivity index (χ0v) is 15.0. The molecule has 0 saturated carbocycles. The number of fused-ring (bicyclic) bond motifs is 1. The van der Waals surface area contributed by atoms with Crippen LogP contribution in [0.1, 0.15) is 11.5 Å². The summed E-state index contributed by atoms with van der Waals surface area (Å²) >= 11 is 2.37. The van der Waals surface area contributed by atoms with Crippen molar-refractivity contribution in [3.8, 4) is 11.1 Å². The first-order valence-electron chi connectivity index (χ1n) is 6.89. The van der Waals surface area contributed by atoms with Gasteiger partial charge in [0, 0.05) is 32.5 Å². The summed E-state index contributed by atoms with van der Waals surface area (Å²) in [4.78, 5) is 4.70. The number of aryl methyl sites for hydroxylation is 2. The van der Waals surface area contributed by atoms with Crippen LogP contribution < -0.4 is 0 Å². The van der Waals surface area contributed by atoms with E-state index in [1.807, 2.05) is 20.0 Å². The van der Waals surface area contributed by atoms with Crippen molar-refractivity contribution >= 4 is 57.2 Å². The summed E-state index contributed by atoms with van der Waals surface area (Å²) in [6, 6.07) is 2.18. The third-order valence-electron chi connectivity index (χ3n) is 3.64. The highest BCUT2D eigenvalue weighted by atomic mass is 127. The van der Waals surface area contributed by atoms with E-state index in [1.165, 1.54) is 8.96 Å². The van der Waals surface area contributed by atoms with E-state index in [4.69, 9.17) is 9.51 Å². The minimum Gasteiger partial charge on any atom is -0.361 e.